The van der Waals surface area contributed by atoms with Gasteiger partial charge < -0.3 is 10.2 Å². The van der Waals surface area contributed by atoms with Crippen LogP contribution in [0.25, 0.3) is 0 Å². The molecule has 1 saturated heterocycles. The predicted molar refractivity (Wildman–Crippen MR) is 71.9 cm³/mol. The highest BCUT2D eigenvalue weighted by Gasteiger charge is 2.30. The maximum Gasteiger partial charge on any atom is 0.225 e. The summed E-state index contributed by atoms with van der Waals surface area (Å²) in [7, 11) is 0. The number of carbonyl (C=O) groups is 1. The number of rotatable bonds is 4. The van der Waals surface area contributed by atoms with E-state index in [2.05, 4.69) is 37.9 Å². The van der Waals surface area contributed by atoms with Crippen molar-refractivity contribution in [1.82, 2.24) is 10.2 Å². The van der Waals surface area contributed by atoms with Crippen LogP contribution in [0.15, 0.2) is 0 Å². The lowest BCUT2D eigenvalue weighted by atomic mass is 9.97. The second kappa shape index (κ2) is 7.00. The highest BCUT2D eigenvalue weighted by Crippen LogP contribution is 2.19. The third-order valence-electron chi connectivity index (χ3n) is 3.89. The van der Waals surface area contributed by atoms with Gasteiger partial charge in [0.05, 0.1) is 0 Å². The molecule has 1 atom stereocenters. The molecule has 0 radical (unpaired) electrons. The first-order chi connectivity index (χ1) is 8.11. The van der Waals surface area contributed by atoms with Crippen LogP contribution >= 0.6 is 0 Å². The molecule has 1 unspecified atom stereocenters. The van der Waals surface area contributed by atoms with E-state index >= 15 is 0 Å². The van der Waals surface area contributed by atoms with Gasteiger partial charge >= 0.3 is 0 Å². The third-order valence-corrected chi connectivity index (χ3v) is 3.89. The Bertz CT molecular complexity index is 236. The minimum atomic E-state index is 0.217. The maximum absolute atomic E-state index is 12.5. The lowest BCUT2D eigenvalue weighted by molar-refractivity contribution is -0.138. The largest absolute Gasteiger partial charge is 0.338 e. The van der Waals surface area contributed by atoms with Gasteiger partial charge in [-0.3, -0.25) is 4.79 Å². The molecule has 0 saturated carbocycles. The van der Waals surface area contributed by atoms with Crippen LogP contribution in [-0.4, -0.2) is 36.5 Å². The Morgan fingerprint density at radius 2 is 2.00 bits per heavy atom. The number of nitrogens with one attached hydrogen (secondary N) is 1. The summed E-state index contributed by atoms with van der Waals surface area (Å²) in [4.78, 5) is 14.7. The molecule has 1 N–H and O–H groups in total. The van der Waals surface area contributed by atoms with Gasteiger partial charge in [-0.2, -0.15) is 0 Å². The van der Waals surface area contributed by atoms with Crippen molar-refractivity contribution in [2.24, 2.45) is 11.8 Å². The Labute approximate surface area is 106 Å². The van der Waals surface area contributed by atoms with Crippen LogP contribution in [-0.2, 0) is 4.79 Å². The molecule has 0 aromatic rings. The van der Waals surface area contributed by atoms with Crippen LogP contribution < -0.4 is 5.32 Å². The average molecular weight is 240 g/mol. The molecular formula is C14H28N2O. The Morgan fingerprint density at radius 3 is 2.53 bits per heavy atom. The van der Waals surface area contributed by atoms with Crippen LogP contribution in [0, 0.1) is 11.8 Å². The summed E-state index contributed by atoms with van der Waals surface area (Å²) in [6.07, 6.45) is 3.00. The van der Waals surface area contributed by atoms with Gasteiger partial charge in [-0.1, -0.05) is 27.7 Å². The summed E-state index contributed by atoms with van der Waals surface area (Å²) in [5, 5.41) is 3.44. The molecule has 0 aromatic heterocycles. The van der Waals surface area contributed by atoms with Gasteiger partial charge in [-0.25, -0.2) is 0 Å². The van der Waals surface area contributed by atoms with Crippen LogP contribution in [0.3, 0.4) is 0 Å². The van der Waals surface area contributed by atoms with Gasteiger partial charge in [0.2, 0.25) is 5.91 Å². The first-order valence-electron chi connectivity index (χ1n) is 7.12. The molecule has 100 valence electrons. The molecule has 1 amide bonds. The van der Waals surface area contributed by atoms with Crippen molar-refractivity contribution < 1.29 is 4.79 Å². The van der Waals surface area contributed by atoms with Crippen LogP contribution in [0.4, 0.5) is 0 Å². The van der Waals surface area contributed by atoms with E-state index in [4.69, 9.17) is 0 Å². The predicted octanol–water partition coefficient (Wildman–Crippen LogP) is 2.27. The molecule has 0 bridgehead atoms. The lowest BCUT2D eigenvalue weighted by Gasteiger charge is -2.35. The normalized spacial score (nSPS) is 22.0. The smallest absolute Gasteiger partial charge is 0.225 e. The van der Waals surface area contributed by atoms with Crippen molar-refractivity contribution in [1.29, 1.82) is 0 Å². The van der Waals surface area contributed by atoms with Gasteiger partial charge in [-0.05, 0) is 31.7 Å². The third kappa shape index (κ3) is 3.70. The second-order valence-corrected chi connectivity index (χ2v) is 5.41. The molecule has 0 aliphatic carbocycles. The maximum atomic E-state index is 12.5. The zero-order valence-electron chi connectivity index (χ0n) is 11.8. The summed E-state index contributed by atoms with van der Waals surface area (Å²) in [6, 6.07) is 0.366. The summed E-state index contributed by atoms with van der Waals surface area (Å²) >= 11 is 0. The quantitative estimate of drug-likeness (QED) is 0.817. The molecular weight excluding hydrogens is 212 g/mol. The van der Waals surface area contributed by atoms with E-state index in [0.29, 0.717) is 17.9 Å². The fraction of sp³-hybridized carbons (Fsp3) is 0.929. The standard InChI is InChI=1S/C14H28N2O/c1-5-12(6-2)14(17)16-9-7-8-15-10-13(16)11(3)4/h11-13,15H,5-10H2,1-4H3. The summed E-state index contributed by atoms with van der Waals surface area (Å²) in [5.74, 6) is 1.12. The van der Waals surface area contributed by atoms with Crippen molar-refractivity contribution >= 4 is 5.91 Å². The topological polar surface area (TPSA) is 32.3 Å². The molecule has 1 fully saturated rings. The zero-order chi connectivity index (χ0) is 12.8. The van der Waals surface area contributed by atoms with E-state index in [9.17, 15) is 4.79 Å². The monoisotopic (exact) mass is 240 g/mol. The lowest BCUT2D eigenvalue weighted by Crippen LogP contribution is -2.48. The van der Waals surface area contributed by atoms with Crippen molar-refractivity contribution in [3.63, 3.8) is 0 Å². The molecule has 0 spiro atoms. The van der Waals surface area contributed by atoms with Gasteiger partial charge in [0.1, 0.15) is 0 Å². The average Bonchev–Trinajstić information content (AvgIpc) is 2.55. The highest BCUT2D eigenvalue weighted by atomic mass is 16.2. The first-order valence-corrected chi connectivity index (χ1v) is 7.12. The number of hydrogen-bond acceptors (Lipinski definition) is 2. The first kappa shape index (κ1) is 14.5. The summed E-state index contributed by atoms with van der Waals surface area (Å²) in [5.41, 5.74) is 0. The van der Waals surface area contributed by atoms with Crippen LogP contribution in [0.2, 0.25) is 0 Å². The van der Waals surface area contributed by atoms with Gasteiger partial charge in [0.15, 0.2) is 0 Å². The van der Waals surface area contributed by atoms with E-state index in [1.54, 1.807) is 0 Å². The van der Waals surface area contributed by atoms with Gasteiger partial charge in [-0.15, -0.1) is 0 Å². The van der Waals surface area contributed by atoms with Gasteiger partial charge in [0, 0.05) is 25.0 Å². The van der Waals surface area contributed by atoms with Gasteiger partial charge in [0.25, 0.3) is 0 Å². The van der Waals surface area contributed by atoms with E-state index < -0.39 is 0 Å². The Kier molecular flexibility index (Phi) is 5.96. The van der Waals surface area contributed by atoms with Crippen molar-refractivity contribution in [2.75, 3.05) is 19.6 Å². The Balaban J connectivity index is 2.77. The fourth-order valence-electron chi connectivity index (χ4n) is 2.64. The number of nitrogens with zero attached hydrogens (tertiary/aromatic N) is 1. The minimum Gasteiger partial charge on any atom is -0.338 e. The molecule has 0 aromatic carbocycles. The summed E-state index contributed by atoms with van der Waals surface area (Å²) < 4.78 is 0. The number of hydrogen-bond donors (Lipinski definition) is 1. The van der Waals surface area contributed by atoms with Crippen LogP contribution in [0.1, 0.15) is 47.0 Å². The van der Waals surface area contributed by atoms with E-state index in [0.717, 1.165) is 38.9 Å². The molecule has 3 nitrogen and oxygen atoms in total. The van der Waals surface area contributed by atoms with Crippen molar-refractivity contribution in [2.45, 2.75) is 53.0 Å². The van der Waals surface area contributed by atoms with E-state index in [-0.39, 0.29) is 5.92 Å². The Hall–Kier alpha value is -0.570. The fourth-order valence-corrected chi connectivity index (χ4v) is 2.64. The SMILES string of the molecule is CCC(CC)C(=O)N1CCCNCC1C(C)C. The minimum absolute atomic E-state index is 0.217. The molecule has 1 rings (SSSR count). The van der Waals surface area contributed by atoms with E-state index in [1.165, 1.54) is 0 Å². The molecule has 1 aliphatic heterocycles. The second-order valence-electron chi connectivity index (χ2n) is 5.41. The number of carbonyl (C=O) groups excluding carboxylic acids is 1. The highest BCUT2D eigenvalue weighted by molar-refractivity contribution is 5.79. The Morgan fingerprint density at radius 1 is 1.35 bits per heavy atom. The molecule has 1 aliphatic rings. The van der Waals surface area contributed by atoms with E-state index in [1.807, 2.05) is 0 Å². The summed E-state index contributed by atoms with van der Waals surface area (Å²) in [6.45, 7) is 11.6. The molecule has 17 heavy (non-hydrogen) atoms. The van der Waals surface area contributed by atoms with Crippen LogP contribution in [0.5, 0.6) is 0 Å². The number of amides is 1. The zero-order valence-corrected chi connectivity index (χ0v) is 11.8. The van der Waals surface area contributed by atoms with Crippen molar-refractivity contribution in [3.05, 3.63) is 0 Å². The van der Waals surface area contributed by atoms with Crippen molar-refractivity contribution in [3.8, 4) is 0 Å². The molecule has 3 heteroatoms. The molecule has 1 heterocycles.